The molecule has 0 saturated carbocycles. The first-order valence-corrected chi connectivity index (χ1v) is 7.36. The van der Waals surface area contributed by atoms with Gasteiger partial charge < -0.3 is 10.2 Å². The van der Waals surface area contributed by atoms with Gasteiger partial charge in [-0.15, -0.1) is 0 Å². The number of unbranched alkanes of at least 4 members (excludes halogenated alkanes) is 1. The number of amides is 1. The molecule has 1 aromatic rings. The van der Waals surface area contributed by atoms with Crippen LogP contribution in [0.4, 0.5) is 5.82 Å². The highest BCUT2D eigenvalue weighted by Crippen LogP contribution is 2.08. The lowest BCUT2D eigenvalue weighted by atomic mass is 10.1. The van der Waals surface area contributed by atoms with Crippen LogP contribution >= 0.6 is 0 Å². The van der Waals surface area contributed by atoms with Crippen LogP contribution in [0.15, 0.2) is 12.4 Å². The Bertz CT molecular complexity index is 420. The van der Waals surface area contributed by atoms with Crippen LogP contribution in [0.3, 0.4) is 0 Å². The summed E-state index contributed by atoms with van der Waals surface area (Å²) in [5.74, 6) is 1.31. The number of carbonyl (C=O) groups excluding carboxylic acids is 1. The van der Waals surface area contributed by atoms with Gasteiger partial charge in [0.1, 0.15) is 17.8 Å². The van der Waals surface area contributed by atoms with E-state index in [2.05, 4.69) is 36.1 Å². The Morgan fingerprint density at radius 1 is 1.40 bits per heavy atom. The summed E-state index contributed by atoms with van der Waals surface area (Å²) in [6, 6.07) is 1.73. The third-order valence-electron chi connectivity index (χ3n) is 3.11. The maximum Gasteiger partial charge on any atom is 0.272 e. The summed E-state index contributed by atoms with van der Waals surface area (Å²) >= 11 is 0. The molecule has 1 amide bonds. The van der Waals surface area contributed by atoms with Crippen LogP contribution in [0.5, 0.6) is 0 Å². The zero-order valence-corrected chi connectivity index (χ0v) is 13.0. The van der Waals surface area contributed by atoms with E-state index in [1.807, 2.05) is 7.05 Å². The van der Waals surface area contributed by atoms with Crippen molar-refractivity contribution >= 4 is 11.7 Å². The minimum absolute atomic E-state index is 0.0484. The lowest BCUT2D eigenvalue weighted by molar-refractivity contribution is 0.0787. The summed E-state index contributed by atoms with van der Waals surface area (Å²) in [6.07, 6.45) is 4.60. The Hall–Kier alpha value is -1.65. The van der Waals surface area contributed by atoms with Gasteiger partial charge in [-0.25, -0.2) is 9.97 Å². The van der Waals surface area contributed by atoms with E-state index in [9.17, 15) is 4.79 Å². The average Bonchev–Trinajstić information content (AvgIpc) is 2.44. The maximum atomic E-state index is 12.2. The van der Waals surface area contributed by atoms with Crippen LogP contribution in [0.25, 0.3) is 0 Å². The zero-order valence-electron chi connectivity index (χ0n) is 13.0. The molecule has 0 saturated heterocycles. The number of carbonyl (C=O) groups is 1. The van der Waals surface area contributed by atoms with Crippen LogP contribution in [-0.4, -0.2) is 40.9 Å². The van der Waals surface area contributed by atoms with Crippen LogP contribution in [0.1, 0.15) is 50.5 Å². The molecule has 20 heavy (non-hydrogen) atoms. The van der Waals surface area contributed by atoms with Crippen molar-refractivity contribution in [2.45, 2.75) is 40.0 Å². The highest BCUT2D eigenvalue weighted by molar-refractivity contribution is 5.92. The van der Waals surface area contributed by atoms with Crippen molar-refractivity contribution < 1.29 is 4.79 Å². The molecule has 1 N–H and O–H groups in total. The molecule has 1 rings (SSSR count). The van der Waals surface area contributed by atoms with Crippen LogP contribution < -0.4 is 5.32 Å². The molecule has 0 aromatic carbocycles. The van der Waals surface area contributed by atoms with Crippen molar-refractivity contribution in [1.29, 1.82) is 0 Å². The van der Waals surface area contributed by atoms with E-state index in [1.54, 1.807) is 11.0 Å². The van der Waals surface area contributed by atoms with E-state index in [-0.39, 0.29) is 5.91 Å². The topological polar surface area (TPSA) is 58.1 Å². The largest absolute Gasteiger partial charge is 0.370 e. The van der Waals surface area contributed by atoms with Gasteiger partial charge in [0.2, 0.25) is 0 Å². The first kappa shape index (κ1) is 16.4. The molecule has 0 aliphatic carbocycles. The normalized spacial score (nSPS) is 10.7. The fraction of sp³-hybridized carbons (Fsp3) is 0.667. The second kappa shape index (κ2) is 8.51. The standard InChI is InChI=1S/C15H26N4O/c1-5-6-9-19(4)15(20)13-10-14(18-11-17-13)16-8-7-12(2)3/h10-12H,5-9H2,1-4H3,(H,16,17,18). The predicted octanol–water partition coefficient (Wildman–Crippen LogP) is 2.81. The minimum atomic E-state index is -0.0484. The summed E-state index contributed by atoms with van der Waals surface area (Å²) in [5.41, 5.74) is 0.450. The van der Waals surface area contributed by atoms with E-state index in [4.69, 9.17) is 0 Å². The van der Waals surface area contributed by atoms with E-state index >= 15 is 0 Å². The molecular formula is C15H26N4O. The molecule has 5 nitrogen and oxygen atoms in total. The number of nitrogens with zero attached hydrogens (tertiary/aromatic N) is 3. The van der Waals surface area contributed by atoms with E-state index in [1.165, 1.54) is 6.33 Å². The number of rotatable bonds is 8. The SMILES string of the molecule is CCCCN(C)C(=O)c1cc(NCCC(C)C)ncn1. The summed E-state index contributed by atoms with van der Waals surface area (Å²) in [4.78, 5) is 22.1. The van der Waals surface area contributed by atoms with E-state index in [0.717, 1.165) is 32.4 Å². The first-order valence-electron chi connectivity index (χ1n) is 7.36. The van der Waals surface area contributed by atoms with Crippen molar-refractivity contribution in [2.24, 2.45) is 5.92 Å². The number of nitrogens with one attached hydrogen (secondary N) is 1. The van der Waals surface area contributed by atoms with Gasteiger partial charge in [-0.2, -0.15) is 0 Å². The van der Waals surface area contributed by atoms with Crippen molar-refractivity contribution in [1.82, 2.24) is 14.9 Å². The van der Waals surface area contributed by atoms with Gasteiger partial charge in [-0.05, 0) is 18.8 Å². The molecule has 0 spiro atoms. The second-order valence-corrected chi connectivity index (χ2v) is 5.48. The maximum absolute atomic E-state index is 12.2. The first-order chi connectivity index (χ1) is 9.54. The van der Waals surface area contributed by atoms with Crippen LogP contribution in [0, 0.1) is 5.92 Å². The highest BCUT2D eigenvalue weighted by atomic mass is 16.2. The molecular weight excluding hydrogens is 252 g/mol. The minimum Gasteiger partial charge on any atom is -0.370 e. The Morgan fingerprint density at radius 3 is 2.80 bits per heavy atom. The van der Waals surface area contributed by atoms with Crippen LogP contribution in [-0.2, 0) is 0 Å². The molecule has 1 aromatic heterocycles. The molecule has 0 atom stereocenters. The van der Waals surface area contributed by atoms with Gasteiger partial charge >= 0.3 is 0 Å². The lowest BCUT2D eigenvalue weighted by Gasteiger charge is -2.16. The second-order valence-electron chi connectivity index (χ2n) is 5.48. The summed E-state index contributed by atoms with van der Waals surface area (Å²) in [5, 5.41) is 3.23. The molecule has 1 heterocycles. The molecule has 0 bridgehead atoms. The Labute approximate surface area is 121 Å². The monoisotopic (exact) mass is 278 g/mol. The third kappa shape index (κ3) is 5.55. The van der Waals surface area contributed by atoms with Gasteiger partial charge in [0, 0.05) is 26.2 Å². The smallest absolute Gasteiger partial charge is 0.272 e. The predicted molar refractivity (Wildman–Crippen MR) is 81.8 cm³/mol. The Kier molecular flexibility index (Phi) is 6.98. The van der Waals surface area contributed by atoms with Gasteiger partial charge in [-0.3, -0.25) is 4.79 Å². The average molecular weight is 278 g/mol. The van der Waals surface area contributed by atoms with Gasteiger partial charge in [-0.1, -0.05) is 27.2 Å². The highest BCUT2D eigenvalue weighted by Gasteiger charge is 2.13. The molecule has 5 heteroatoms. The number of anilines is 1. The molecule has 0 radical (unpaired) electrons. The molecule has 112 valence electrons. The van der Waals surface area contributed by atoms with Crippen molar-refractivity contribution in [3.05, 3.63) is 18.1 Å². The van der Waals surface area contributed by atoms with E-state index < -0.39 is 0 Å². The molecule has 0 aliphatic heterocycles. The van der Waals surface area contributed by atoms with Crippen molar-refractivity contribution in [3.63, 3.8) is 0 Å². The summed E-state index contributed by atoms with van der Waals surface area (Å²) in [7, 11) is 1.81. The Balaban J connectivity index is 2.60. The summed E-state index contributed by atoms with van der Waals surface area (Å²) < 4.78 is 0. The molecule has 0 unspecified atom stereocenters. The fourth-order valence-corrected chi connectivity index (χ4v) is 1.75. The van der Waals surface area contributed by atoms with Crippen LogP contribution in [0.2, 0.25) is 0 Å². The molecule has 0 aliphatic rings. The number of hydrogen-bond acceptors (Lipinski definition) is 4. The van der Waals surface area contributed by atoms with Crippen molar-refractivity contribution in [2.75, 3.05) is 25.5 Å². The van der Waals surface area contributed by atoms with Gasteiger partial charge in [0.05, 0.1) is 0 Å². The van der Waals surface area contributed by atoms with Crippen molar-refractivity contribution in [3.8, 4) is 0 Å². The van der Waals surface area contributed by atoms with Gasteiger partial charge in [0.15, 0.2) is 0 Å². The quantitative estimate of drug-likeness (QED) is 0.794. The number of hydrogen-bond donors (Lipinski definition) is 1. The molecule has 0 fully saturated rings. The fourth-order valence-electron chi connectivity index (χ4n) is 1.75. The number of aromatic nitrogens is 2. The lowest BCUT2D eigenvalue weighted by Crippen LogP contribution is -2.28. The van der Waals surface area contributed by atoms with Gasteiger partial charge in [0.25, 0.3) is 5.91 Å². The zero-order chi connectivity index (χ0) is 15.0. The summed E-state index contributed by atoms with van der Waals surface area (Å²) in [6.45, 7) is 8.09. The Morgan fingerprint density at radius 2 is 2.15 bits per heavy atom. The third-order valence-corrected chi connectivity index (χ3v) is 3.11. The van der Waals surface area contributed by atoms with E-state index in [0.29, 0.717) is 17.4 Å².